The van der Waals surface area contributed by atoms with E-state index in [4.69, 9.17) is 9.47 Å². The number of ether oxygens (including phenoxy) is 2. The van der Waals surface area contributed by atoms with Gasteiger partial charge in [-0.2, -0.15) is 4.98 Å². The fraction of sp³-hybridized carbons (Fsp3) is 0.190. The molecule has 1 amide bonds. The highest BCUT2D eigenvalue weighted by Crippen LogP contribution is 2.24. The minimum atomic E-state index is -0.453. The number of H-pyrrole nitrogens is 1. The van der Waals surface area contributed by atoms with Crippen LogP contribution in [-0.4, -0.2) is 41.0 Å². The van der Waals surface area contributed by atoms with E-state index in [0.29, 0.717) is 17.2 Å². The zero-order valence-corrected chi connectivity index (χ0v) is 17.3. The summed E-state index contributed by atoms with van der Waals surface area (Å²) >= 11 is 1.01. The molecule has 0 aliphatic rings. The fourth-order valence-electron chi connectivity index (χ4n) is 2.71. The summed E-state index contributed by atoms with van der Waals surface area (Å²) in [6.07, 6.45) is 0.220. The molecule has 3 aromatic rings. The Morgan fingerprint density at radius 1 is 1.13 bits per heavy atom. The number of nitrogens with one attached hydrogen (secondary N) is 2. The first-order valence-electron chi connectivity index (χ1n) is 9.01. The fourth-order valence-corrected chi connectivity index (χ4v) is 3.36. The largest absolute Gasteiger partial charge is 0.497 e. The Bertz CT molecular complexity index is 1080. The van der Waals surface area contributed by atoms with E-state index in [2.05, 4.69) is 15.3 Å². The van der Waals surface area contributed by atoms with Crippen molar-refractivity contribution in [1.82, 2.24) is 9.97 Å². The lowest BCUT2D eigenvalue weighted by Crippen LogP contribution is -2.18. The van der Waals surface area contributed by atoms with Crippen molar-refractivity contribution < 1.29 is 19.4 Å². The third-order valence-electron chi connectivity index (χ3n) is 4.23. The van der Waals surface area contributed by atoms with Crippen molar-refractivity contribution in [3.63, 3.8) is 0 Å². The van der Waals surface area contributed by atoms with E-state index in [9.17, 15) is 14.7 Å². The number of anilines is 1. The van der Waals surface area contributed by atoms with Crippen LogP contribution in [0.3, 0.4) is 0 Å². The average molecular weight is 427 g/mol. The maximum absolute atomic E-state index is 12.4. The molecule has 0 unspecified atom stereocenters. The topological polar surface area (TPSA) is 114 Å². The van der Waals surface area contributed by atoms with Gasteiger partial charge in [0.05, 0.1) is 31.2 Å². The van der Waals surface area contributed by atoms with Crippen molar-refractivity contribution in [1.29, 1.82) is 0 Å². The number of methoxy groups -OCH3 is 2. The number of aromatic hydroxyl groups is 1. The zero-order chi connectivity index (χ0) is 21.5. The standard InChI is InChI=1S/C21H21N3O5S/c1-28-14-9-7-13(8-10-14)11-15-19(26)23-21(24-20(15)27)30-12-18(25)22-16-5-3-4-6-17(16)29-2/h3-10H,11-12H2,1-2H3,(H,22,25)(H2,23,24,26,27). The van der Waals surface area contributed by atoms with E-state index < -0.39 is 5.56 Å². The van der Waals surface area contributed by atoms with E-state index in [1.54, 1.807) is 43.5 Å². The Morgan fingerprint density at radius 3 is 2.53 bits per heavy atom. The minimum Gasteiger partial charge on any atom is -0.497 e. The third kappa shape index (κ3) is 5.32. The van der Waals surface area contributed by atoms with Crippen molar-refractivity contribution in [2.24, 2.45) is 0 Å². The van der Waals surface area contributed by atoms with Gasteiger partial charge in [-0.05, 0) is 29.8 Å². The van der Waals surface area contributed by atoms with Crippen molar-refractivity contribution >= 4 is 23.4 Å². The van der Waals surface area contributed by atoms with E-state index in [1.807, 2.05) is 12.1 Å². The summed E-state index contributed by atoms with van der Waals surface area (Å²) < 4.78 is 10.3. The van der Waals surface area contributed by atoms with Crippen LogP contribution in [0.5, 0.6) is 17.4 Å². The maximum atomic E-state index is 12.4. The van der Waals surface area contributed by atoms with Crippen LogP contribution in [0.25, 0.3) is 0 Å². The molecular weight excluding hydrogens is 406 g/mol. The number of carbonyl (C=O) groups excluding carboxylic acids is 1. The van der Waals surface area contributed by atoms with Crippen LogP contribution in [0, 0.1) is 0 Å². The van der Waals surface area contributed by atoms with Crippen LogP contribution in [0.4, 0.5) is 5.69 Å². The van der Waals surface area contributed by atoms with Gasteiger partial charge in [-0.3, -0.25) is 9.59 Å². The molecule has 3 rings (SSSR count). The number of nitrogens with zero attached hydrogens (tertiary/aromatic N) is 1. The van der Waals surface area contributed by atoms with Crippen LogP contribution < -0.4 is 20.3 Å². The molecule has 9 heteroatoms. The molecule has 8 nitrogen and oxygen atoms in total. The van der Waals surface area contributed by atoms with Gasteiger partial charge in [-0.1, -0.05) is 36.0 Å². The number of para-hydroxylation sites is 2. The first kappa shape index (κ1) is 21.3. The first-order valence-corrected chi connectivity index (χ1v) is 9.99. The number of hydrogen-bond donors (Lipinski definition) is 3. The van der Waals surface area contributed by atoms with E-state index >= 15 is 0 Å². The summed E-state index contributed by atoms with van der Waals surface area (Å²) in [4.78, 5) is 31.2. The SMILES string of the molecule is COc1ccc(Cc2c(O)nc(SCC(=O)Nc3ccccc3OC)[nH]c2=O)cc1. The van der Waals surface area contributed by atoms with Gasteiger partial charge >= 0.3 is 0 Å². The van der Waals surface area contributed by atoms with Crippen LogP contribution in [0.1, 0.15) is 11.1 Å². The third-order valence-corrected chi connectivity index (χ3v) is 5.11. The van der Waals surface area contributed by atoms with Crippen LogP contribution in [0.2, 0.25) is 0 Å². The summed E-state index contributed by atoms with van der Waals surface area (Å²) in [6.45, 7) is 0. The summed E-state index contributed by atoms with van der Waals surface area (Å²) in [5, 5.41) is 13.1. The van der Waals surface area contributed by atoms with Crippen molar-refractivity contribution in [2.45, 2.75) is 11.6 Å². The second-order valence-electron chi connectivity index (χ2n) is 6.24. The van der Waals surface area contributed by atoms with Crippen LogP contribution in [-0.2, 0) is 11.2 Å². The smallest absolute Gasteiger partial charge is 0.258 e. The average Bonchev–Trinajstić information content (AvgIpc) is 2.75. The molecule has 0 saturated heterocycles. The molecule has 156 valence electrons. The predicted octanol–water partition coefficient (Wildman–Crippen LogP) is 2.81. The van der Waals surface area contributed by atoms with Crippen molar-refractivity contribution in [3.05, 3.63) is 70.0 Å². The number of carbonyl (C=O) groups is 1. The lowest BCUT2D eigenvalue weighted by atomic mass is 10.1. The van der Waals surface area contributed by atoms with E-state index in [1.165, 1.54) is 7.11 Å². The van der Waals surface area contributed by atoms with Crippen molar-refractivity contribution in [2.75, 3.05) is 25.3 Å². The van der Waals surface area contributed by atoms with Crippen LogP contribution in [0.15, 0.2) is 58.5 Å². The molecule has 0 bridgehead atoms. The number of aromatic nitrogens is 2. The molecule has 30 heavy (non-hydrogen) atoms. The Morgan fingerprint density at radius 2 is 1.87 bits per heavy atom. The molecule has 2 aromatic carbocycles. The highest BCUT2D eigenvalue weighted by atomic mass is 32.2. The quantitative estimate of drug-likeness (QED) is 0.374. The molecule has 0 aliphatic heterocycles. The molecule has 0 saturated carbocycles. The highest BCUT2D eigenvalue weighted by Gasteiger charge is 2.14. The van der Waals surface area contributed by atoms with Gasteiger partial charge < -0.3 is 24.9 Å². The number of thioether (sulfide) groups is 1. The Labute approximate surface area is 177 Å². The molecule has 0 atom stereocenters. The van der Waals surface area contributed by atoms with Crippen LogP contribution >= 0.6 is 11.8 Å². The highest BCUT2D eigenvalue weighted by molar-refractivity contribution is 7.99. The van der Waals surface area contributed by atoms with E-state index in [0.717, 1.165) is 17.3 Å². The number of benzene rings is 2. The number of hydrogen-bond acceptors (Lipinski definition) is 7. The molecule has 0 spiro atoms. The molecule has 0 aliphatic carbocycles. The van der Waals surface area contributed by atoms with Gasteiger partial charge in [0.2, 0.25) is 11.8 Å². The Hall–Kier alpha value is -3.46. The van der Waals surface area contributed by atoms with Gasteiger partial charge in [0.1, 0.15) is 11.5 Å². The molecule has 1 heterocycles. The maximum Gasteiger partial charge on any atom is 0.258 e. The minimum absolute atomic E-state index is 0.00173. The lowest BCUT2D eigenvalue weighted by molar-refractivity contribution is -0.113. The summed E-state index contributed by atoms with van der Waals surface area (Å²) in [7, 11) is 3.09. The van der Waals surface area contributed by atoms with Gasteiger partial charge in [0, 0.05) is 6.42 Å². The number of rotatable bonds is 8. The molecule has 3 N–H and O–H groups in total. The first-order chi connectivity index (χ1) is 14.5. The van der Waals surface area contributed by atoms with Gasteiger partial charge in [-0.25, -0.2) is 0 Å². The monoisotopic (exact) mass is 427 g/mol. The summed E-state index contributed by atoms with van der Waals surface area (Å²) in [5.41, 5.74) is 1.08. The van der Waals surface area contributed by atoms with Gasteiger partial charge in [-0.15, -0.1) is 0 Å². The lowest BCUT2D eigenvalue weighted by Gasteiger charge is -2.10. The normalized spacial score (nSPS) is 10.5. The second kappa shape index (κ2) is 9.84. The molecule has 0 fully saturated rings. The Balaban J connectivity index is 1.64. The van der Waals surface area contributed by atoms with Gasteiger partial charge in [0.25, 0.3) is 5.56 Å². The summed E-state index contributed by atoms with van der Waals surface area (Å²) in [6, 6.07) is 14.2. The number of aromatic amines is 1. The Kier molecular flexibility index (Phi) is 6.97. The molecule has 0 radical (unpaired) electrons. The number of amides is 1. The summed E-state index contributed by atoms with van der Waals surface area (Å²) in [5.74, 6) is 0.588. The van der Waals surface area contributed by atoms with E-state index in [-0.39, 0.29) is 34.7 Å². The second-order valence-corrected chi connectivity index (χ2v) is 7.20. The molecule has 1 aromatic heterocycles. The van der Waals surface area contributed by atoms with Gasteiger partial charge in [0.15, 0.2) is 5.16 Å². The molecular formula is C21H21N3O5S. The zero-order valence-electron chi connectivity index (χ0n) is 16.5. The predicted molar refractivity (Wildman–Crippen MR) is 115 cm³/mol. The van der Waals surface area contributed by atoms with Crippen molar-refractivity contribution in [3.8, 4) is 17.4 Å².